The largest absolute Gasteiger partial charge is 0.369 e. The number of carbonyl (C=O) groups is 1. The third-order valence-electron chi connectivity index (χ3n) is 1.87. The lowest BCUT2D eigenvalue weighted by molar-refractivity contribution is -0.119. The van der Waals surface area contributed by atoms with E-state index in [1.165, 1.54) is 11.3 Å². The van der Waals surface area contributed by atoms with E-state index in [2.05, 4.69) is 15.5 Å². The third-order valence-corrected chi connectivity index (χ3v) is 2.79. The zero-order chi connectivity index (χ0) is 11.3. The molecule has 84 valence electrons. The second-order valence-electron chi connectivity index (χ2n) is 3.02. The quantitative estimate of drug-likeness (QED) is 0.711. The van der Waals surface area contributed by atoms with E-state index >= 15 is 0 Å². The highest BCUT2D eigenvalue weighted by atomic mass is 32.1. The molecular formula is C8H15N5OS. The van der Waals surface area contributed by atoms with Crippen LogP contribution in [0, 0.1) is 0 Å². The van der Waals surface area contributed by atoms with Gasteiger partial charge in [0, 0.05) is 7.05 Å². The molecule has 0 atom stereocenters. The van der Waals surface area contributed by atoms with Gasteiger partial charge in [0.2, 0.25) is 11.0 Å². The molecule has 0 radical (unpaired) electrons. The number of carbonyl (C=O) groups excluding carboxylic acids is 1. The van der Waals surface area contributed by atoms with Crippen LogP contribution in [0.25, 0.3) is 0 Å². The average molecular weight is 229 g/mol. The number of nitrogens with two attached hydrogens (primary N) is 1. The van der Waals surface area contributed by atoms with Gasteiger partial charge < -0.3 is 11.1 Å². The summed E-state index contributed by atoms with van der Waals surface area (Å²) in [6, 6.07) is 0. The summed E-state index contributed by atoms with van der Waals surface area (Å²) in [4.78, 5) is 12.7. The molecular weight excluding hydrogens is 214 g/mol. The van der Waals surface area contributed by atoms with Crippen molar-refractivity contribution in [2.24, 2.45) is 5.73 Å². The number of rotatable bonds is 6. The van der Waals surface area contributed by atoms with Crippen molar-refractivity contribution < 1.29 is 4.79 Å². The lowest BCUT2D eigenvalue weighted by atomic mass is 10.4. The van der Waals surface area contributed by atoms with Crippen molar-refractivity contribution in [1.82, 2.24) is 15.1 Å². The first-order valence-electron chi connectivity index (χ1n) is 4.66. The molecule has 0 saturated carbocycles. The molecule has 0 aromatic carbocycles. The highest BCUT2D eigenvalue weighted by Gasteiger charge is 2.10. The zero-order valence-corrected chi connectivity index (χ0v) is 9.67. The molecule has 0 unspecified atom stereocenters. The Morgan fingerprint density at radius 2 is 2.33 bits per heavy atom. The first kappa shape index (κ1) is 11.9. The van der Waals surface area contributed by atoms with Crippen LogP contribution in [0.4, 0.5) is 5.13 Å². The van der Waals surface area contributed by atoms with Crippen molar-refractivity contribution in [2.75, 3.05) is 25.5 Å². The number of amides is 1. The van der Waals surface area contributed by atoms with Crippen LogP contribution in [0.1, 0.15) is 11.9 Å². The number of hydrogen-bond donors (Lipinski definition) is 2. The van der Waals surface area contributed by atoms with Gasteiger partial charge in [0.05, 0.1) is 13.1 Å². The Hall–Kier alpha value is -1.21. The maximum Gasteiger partial charge on any atom is 0.231 e. The topological polar surface area (TPSA) is 84.1 Å². The summed E-state index contributed by atoms with van der Waals surface area (Å²) in [5.41, 5.74) is 5.13. The van der Waals surface area contributed by atoms with Gasteiger partial charge in [-0.1, -0.05) is 18.3 Å². The number of nitrogens with zero attached hydrogens (tertiary/aromatic N) is 3. The van der Waals surface area contributed by atoms with Gasteiger partial charge in [-0.25, -0.2) is 0 Å². The molecule has 1 rings (SSSR count). The molecule has 1 aromatic heterocycles. The Bertz CT molecular complexity index is 327. The van der Waals surface area contributed by atoms with Crippen LogP contribution in [0.3, 0.4) is 0 Å². The molecule has 0 fully saturated rings. The second-order valence-corrected chi connectivity index (χ2v) is 4.08. The minimum absolute atomic E-state index is 0.255. The van der Waals surface area contributed by atoms with E-state index in [-0.39, 0.29) is 12.5 Å². The molecule has 6 nitrogen and oxygen atoms in total. The number of primary amides is 1. The number of likely N-dealkylation sites (N-methyl/N-ethyl adjacent to an activating group) is 1. The fourth-order valence-electron chi connectivity index (χ4n) is 1.11. The van der Waals surface area contributed by atoms with Gasteiger partial charge in [-0.05, 0) is 6.54 Å². The Kier molecular flexibility index (Phi) is 4.44. The van der Waals surface area contributed by atoms with E-state index < -0.39 is 0 Å². The van der Waals surface area contributed by atoms with Crippen LogP contribution < -0.4 is 11.1 Å². The summed E-state index contributed by atoms with van der Waals surface area (Å²) >= 11 is 1.48. The van der Waals surface area contributed by atoms with E-state index in [1.807, 2.05) is 11.8 Å². The Morgan fingerprint density at radius 1 is 1.60 bits per heavy atom. The highest BCUT2D eigenvalue weighted by molar-refractivity contribution is 7.15. The summed E-state index contributed by atoms with van der Waals surface area (Å²) in [7, 11) is 1.80. The molecule has 7 heteroatoms. The Morgan fingerprint density at radius 3 is 2.80 bits per heavy atom. The first-order valence-corrected chi connectivity index (χ1v) is 5.48. The van der Waals surface area contributed by atoms with E-state index in [4.69, 9.17) is 5.73 Å². The predicted molar refractivity (Wildman–Crippen MR) is 59.6 cm³/mol. The normalized spacial score (nSPS) is 10.6. The van der Waals surface area contributed by atoms with Gasteiger partial charge in [0.25, 0.3) is 0 Å². The summed E-state index contributed by atoms with van der Waals surface area (Å²) in [5.74, 6) is -0.324. The summed E-state index contributed by atoms with van der Waals surface area (Å²) in [5, 5.41) is 12.5. The van der Waals surface area contributed by atoms with Crippen molar-refractivity contribution in [1.29, 1.82) is 0 Å². The number of anilines is 1. The smallest absolute Gasteiger partial charge is 0.231 e. The molecule has 0 bridgehead atoms. The maximum atomic E-state index is 10.8. The van der Waals surface area contributed by atoms with E-state index in [0.717, 1.165) is 16.7 Å². The van der Waals surface area contributed by atoms with Crippen LogP contribution in [-0.2, 0) is 11.3 Å². The van der Waals surface area contributed by atoms with Gasteiger partial charge in [0.15, 0.2) is 0 Å². The lowest BCUT2D eigenvalue weighted by Gasteiger charge is -2.15. The molecule has 15 heavy (non-hydrogen) atoms. The number of nitrogens with one attached hydrogen (secondary N) is 1. The van der Waals surface area contributed by atoms with E-state index in [0.29, 0.717) is 6.54 Å². The maximum absolute atomic E-state index is 10.8. The van der Waals surface area contributed by atoms with Gasteiger partial charge in [-0.3, -0.25) is 9.69 Å². The SMILES string of the molecule is CCN(CC(N)=O)Cc1nnc(NC)s1. The third kappa shape index (κ3) is 3.80. The summed E-state index contributed by atoms with van der Waals surface area (Å²) in [6.45, 7) is 3.60. The first-order chi connectivity index (χ1) is 7.15. The molecule has 0 aliphatic rings. The van der Waals surface area contributed by atoms with E-state index in [9.17, 15) is 4.79 Å². The predicted octanol–water partition coefficient (Wildman–Crippen LogP) is -0.113. The van der Waals surface area contributed by atoms with Gasteiger partial charge >= 0.3 is 0 Å². The van der Waals surface area contributed by atoms with Crippen molar-refractivity contribution in [2.45, 2.75) is 13.5 Å². The van der Waals surface area contributed by atoms with Crippen LogP contribution in [0.2, 0.25) is 0 Å². The zero-order valence-electron chi connectivity index (χ0n) is 8.86. The summed E-state index contributed by atoms with van der Waals surface area (Å²) < 4.78 is 0. The minimum atomic E-state index is -0.324. The highest BCUT2D eigenvalue weighted by Crippen LogP contribution is 2.15. The molecule has 3 N–H and O–H groups in total. The monoisotopic (exact) mass is 229 g/mol. The molecule has 1 heterocycles. The van der Waals surface area contributed by atoms with Crippen LogP contribution in [0.5, 0.6) is 0 Å². The molecule has 0 saturated heterocycles. The van der Waals surface area contributed by atoms with Crippen molar-refractivity contribution in [3.63, 3.8) is 0 Å². The molecule has 0 aliphatic heterocycles. The van der Waals surface area contributed by atoms with Gasteiger partial charge in [-0.15, -0.1) is 10.2 Å². The molecule has 0 spiro atoms. The minimum Gasteiger partial charge on any atom is -0.369 e. The van der Waals surface area contributed by atoms with Crippen LogP contribution in [0.15, 0.2) is 0 Å². The fraction of sp³-hybridized carbons (Fsp3) is 0.625. The van der Waals surface area contributed by atoms with Crippen LogP contribution in [-0.4, -0.2) is 41.1 Å². The molecule has 1 amide bonds. The Balaban J connectivity index is 2.54. The summed E-state index contributed by atoms with van der Waals surface area (Å²) in [6.07, 6.45) is 0. The number of aromatic nitrogens is 2. The van der Waals surface area contributed by atoms with E-state index in [1.54, 1.807) is 7.05 Å². The average Bonchev–Trinajstić information content (AvgIpc) is 2.64. The van der Waals surface area contributed by atoms with Crippen molar-refractivity contribution in [3.8, 4) is 0 Å². The second kappa shape index (κ2) is 5.62. The van der Waals surface area contributed by atoms with Gasteiger partial charge in [-0.2, -0.15) is 0 Å². The molecule has 0 aliphatic carbocycles. The fourth-order valence-corrected chi connectivity index (χ4v) is 1.85. The van der Waals surface area contributed by atoms with Crippen molar-refractivity contribution in [3.05, 3.63) is 5.01 Å². The van der Waals surface area contributed by atoms with Crippen molar-refractivity contribution >= 4 is 22.4 Å². The molecule has 1 aromatic rings. The Labute approximate surface area is 92.5 Å². The van der Waals surface area contributed by atoms with Crippen LogP contribution >= 0.6 is 11.3 Å². The number of hydrogen-bond acceptors (Lipinski definition) is 6. The van der Waals surface area contributed by atoms with Gasteiger partial charge in [0.1, 0.15) is 5.01 Å². The lowest BCUT2D eigenvalue weighted by Crippen LogP contribution is -2.33. The standard InChI is InChI=1S/C8H15N5OS/c1-3-13(4-6(9)14)5-7-11-12-8(10-2)15-7/h3-5H2,1-2H3,(H2,9,14)(H,10,12).